The van der Waals surface area contributed by atoms with Gasteiger partial charge in [0.25, 0.3) is 5.69 Å². The Morgan fingerprint density at radius 3 is 2.67 bits per heavy atom. The van der Waals surface area contributed by atoms with Gasteiger partial charge in [0.2, 0.25) is 0 Å². The maximum atomic E-state index is 10.3. The Hall–Kier alpha value is -2.02. The van der Waals surface area contributed by atoms with E-state index in [0.29, 0.717) is 5.56 Å². The highest BCUT2D eigenvalue weighted by Gasteiger charge is 2.06. The summed E-state index contributed by atoms with van der Waals surface area (Å²) < 4.78 is 0. The number of nitro groups is 1. The van der Waals surface area contributed by atoms with E-state index in [-0.39, 0.29) is 11.4 Å². The second-order valence-electron chi connectivity index (χ2n) is 2.17. The van der Waals surface area contributed by atoms with Gasteiger partial charge in [0.05, 0.1) is 10.6 Å². The maximum absolute atomic E-state index is 10.3. The molecule has 0 radical (unpaired) electrons. The van der Waals surface area contributed by atoms with Gasteiger partial charge in [0.1, 0.15) is 0 Å². The Morgan fingerprint density at radius 1 is 1.58 bits per heavy atom. The van der Waals surface area contributed by atoms with Crippen molar-refractivity contribution in [1.82, 2.24) is 0 Å². The van der Waals surface area contributed by atoms with E-state index in [1.165, 1.54) is 18.2 Å². The van der Waals surface area contributed by atoms with E-state index >= 15 is 0 Å². The monoisotopic (exact) mass is 162 g/mol. The fourth-order valence-corrected chi connectivity index (χ4v) is 0.795. The number of benzene rings is 1. The highest BCUT2D eigenvalue weighted by atomic mass is 16.6. The SMILES string of the molecule is C#Cc1ccc([N+](=O)[O-])cc1N. The van der Waals surface area contributed by atoms with Gasteiger partial charge in [-0.1, -0.05) is 5.92 Å². The van der Waals surface area contributed by atoms with Crippen LogP contribution < -0.4 is 5.73 Å². The van der Waals surface area contributed by atoms with Gasteiger partial charge in [-0.3, -0.25) is 10.1 Å². The molecule has 0 aliphatic rings. The van der Waals surface area contributed by atoms with Gasteiger partial charge in [-0.2, -0.15) is 0 Å². The molecule has 0 amide bonds. The Labute approximate surface area is 69.2 Å². The van der Waals surface area contributed by atoms with E-state index in [4.69, 9.17) is 12.2 Å². The molecule has 0 aliphatic carbocycles. The van der Waals surface area contributed by atoms with Crippen LogP contribution in [0.1, 0.15) is 5.56 Å². The summed E-state index contributed by atoms with van der Waals surface area (Å²) in [5.41, 5.74) is 6.10. The summed E-state index contributed by atoms with van der Waals surface area (Å²) in [6.07, 6.45) is 5.08. The minimum Gasteiger partial charge on any atom is -0.398 e. The second-order valence-corrected chi connectivity index (χ2v) is 2.17. The molecular formula is C8H6N2O2. The minimum absolute atomic E-state index is 0.0495. The molecule has 0 atom stereocenters. The zero-order valence-electron chi connectivity index (χ0n) is 6.15. The Balaban J connectivity index is 3.21. The van der Waals surface area contributed by atoms with E-state index < -0.39 is 4.92 Å². The van der Waals surface area contributed by atoms with E-state index in [2.05, 4.69) is 5.92 Å². The van der Waals surface area contributed by atoms with Crippen LogP contribution in [-0.2, 0) is 0 Å². The van der Waals surface area contributed by atoms with E-state index in [9.17, 15) is 10.1 Å². The quantitative estimate of drug-likeness (QED) is 0.291. The first kappa shape index (κ1) is 8.08. The topological polar surface area (TPSA) is 69.2 Å². The lowest BCUT2D eigenvalue weighted by Crippen LogP contribution is -1.93. The lowest BCUT2D eigenvalue weighted by molar-refractivity contribution is -0.384. The molecule has 0 fully saturated rings. The summed E-state index contributed by atoms with van der Waals surface area (Å²) >= 11 is 0. The highest BCUT2D eigenvalue weighted by molar-refractivity contribution is 5.59. The van der Waals surface area contributed by atoms with Crippen molar-refractivity contribution in [2.45, 2.75) is 0 Å². The summed E-state index contributed by atoms with van der Waals surface area (Å²) in [5.74, 6) is 2.31. The molecule has 2 N–H and O–H groups in total. The zero-order valence-corrected chi connectivity index (χ0v) is 6.15. The largest absolute Gasteiger partial charge is 0.398 e. The van der Waals surface area contributed by atoms with E-state index in [0.717, 1.165) is 0 Å². The van der Waals surface area contributed by atoms with Crippen LogP contribution in [0.5, 0.6) is 0 Å². The smallest absolute Gasteiger partial charge is 0.271 e. The maximum Gasteiger partial charge on any atom is 0.271 e. The fourth-order valence-electron chi connectivity index (χ4n) is 0.795. The Bertz CT molecular complexity index is 366. The summed E-state index contributed by atoms with van der Waals surface area (Å²) in [4.78, 5) is 9.73. The van der Waals surface area contributed by atoms with Crippen LogP contribution in [0.15, 0.2) is 18.2 Å². The summed E-state index contributed by atoms with van der Waals surface area (Å²) in [6.45, 7) is 0. The second kappa shape index (κ2) is 2.93. The molecule has 4 nitrogen and oxygen atoms in total. The number of terminal acetylenes is 1. The Morgan fingerprint density at radius 2 is 2.25 bits per heavy atom. The lowest BCUT2D eigenvalue weighted by atomic mass is 10.2. The first-order valence-corrected chi connectivity index (χ1v) is 3.15. The summed E-state index contributed by atoms with van der Waals surface area (Å²) in [5, 5.41) is 10.3. The van der Waals surface area contributed by atoms with Crippen LogP contribution in [0.2, 0.25) is 0 Å². The van der Waals surface area contributed by atoms with Crippen LogP contribution >= 0.6 is 0 Å². The van der Waals surface area contributed by atoms with Gasteiger partial charge in [0, 0.05) is 17.7 Å². The predicted octanol–water partition coefficient (Wildman–Crippen LogP) is 1.16. The number of anilines is 1. The summed E-state index contributed by atoms with van der Waals surface area (Å²) in [7, 11) is 0. The molecular weight excluding hydrogens is 156 g/mol. The van der Waals surface area contributed by atoms with Crippen molar-refractivity contribution < 1.29 is 4.92 Å². The first-order chi connectivity index (χ1) is 5.65. The number of nitrogens with zero attached hydrogens (tertiary/aromatic N) is 1. The fraction of sp³-hybridized carbons (Fsp3) is 0. The predicted molar refractivity (Wildman–Crippen MR) is 45.4 cm³/mol. The zero-order chi connectivity index (χ0) is 9.14. The molecule has 1 rings (SSSR count). The molecule has 0 unspecified atom stereocenters. The molecule has 4 heteroatoms. The molecule has 0 heterocycles. The average molecular weight is 162 g/mol. The lowest BCUT2D eigenvalue weighted by Gasteiger charge is -1.96. The Kier molecular flexibility index (Phi) is 1.97. The first-order valence-electron chi connectivity index (χ1n) is 3.15. The molecule has 0 spiro atoms. The third kappa shape index (κ3) is 1.35. The molecule has 12 heavy (non-hydrogen) atoms. The average Bonchev–Trinajstić information content (AvgIpc) is 2.04. The standard InChI is InChI=1S/C8H6N2O2/c1-2-6-3-4-7(10(11)12)5-8(6)9/h1,3-5H,9H2. The number of hydrogen-bond donors (Lipinski definition) is 1. The van der Waals surface area contributed by atoms with Crippen molar-refractivity contribution in [1.29, 1.82) is 0 Å². The van der Waals surface area contributed by atoms with Crippen LogP contribution in [-0.4, -0.2) is 4.92 Å². The number of nitrogens with two attached hydrogens (primary N) is 1. The van der Waals surface area contributed by atoms with Crippen LogP contribution in [0.4, 0.5) is 11.4 Å². The van der Waals surface area contributed by atoms with Gasteiger partial charge in [-0.25, -0.2) is 0 Å². The molecule has 1 aromatic carbocycles. The van der Waals surface area contributed by atoms with Crippen molar-refractivity contribution in [3.05, 3.63) is 33.9 Å². The molecule has 0 saturated heterocycles. The van der Waals surface area contributed by atoms with Crippen molar-refractivity contribution in [3.63, 3.8) is 0 Å². The molecule has 1 aromatic rings. The van der Waals surface area contributed by atoms with Gasteiger partial charge in [0.15, 0.2) is 0 Å². The summed E-state index contributed by atoms with van der Waals surface area (Å²) in [6, 6.07) is 4.02. The van der Waals surface area contributed by atoms with E-state index in [1.807, 2.05) is 0 Å². The number of nitro benzene ring substituents is 1. The van der Waals surface area contributed by atoms with Crippen molar-refractivity contribution in [2.75, 3.05) is 5.73 Å². The molecule has 0 aromatic heterocycles. The van der Waals surface area contributed by atoms with Crippen molar-refractivity contribution in [2.24, 2.45) is 0 Å². The van der Waals surface area contributed by atoms with E-state index in [1.54, 1.807) is 0 Å². The molecule has 0 bridgehead atoms. The highest BCUT2D eigenvalue weighted by Crippen LogP contribution is 2.18. The van der Waals surface area contributed by atoms with Crippen molar-refractivity contribution in [3.8, 4) is 12.3 Å². The molecule has 0 saturated carbocycles. The van der Waals surface area contributed by atoms with Crippen molar-refractivity contribution >= 4 is 11.4 Å². The van der Waals surface area contributed by atoms with Crippen LogP contribution in [0.3, 0.4) is 0 Å². The van der Waals surface area contributed by atoms with Crippen LogP contribution in [0.25, 0.3) is 0 Å². The normalized spacial score (nSPS) is 8.92. The molecule has 60 valence electrons. The van der Waals surface area contributed by atoms with Gasteiger partial charge in [-0.15, -0.1) is 6.42 Å². The third-order valence-electron chi connectivity index (χ3n) is 1.40. The van der Waals surface area contributed by atoms with Crippen LogP contribution in [0, 0.1) is 22.5 Å². The molecule has 0 aliphatic heterocycles. The van der Waals surface area contributed by atoms with Gasteiger partial charge in [-0.05, 0) is 6.07 Å². The van der Waals surface area contributed by atoms with Gasteiger partial charge >= 0.3 is 0 Å². The third-order valence-corrected chi connectivity index (χ3v) is 1.40. The van der Waals surface area contributed by atoms with Gasteiger partial charge < -0.3 is 5.73 Å². The minimum atomic E-state index is -0.517. The number of rotatable bonds is 1. The number of non-ortho nitro benzene ring substituents is 1. The number of nitrogen functional groups attached to an aromatic ring is 1. The number of hydrogen-bond acceptors (Lipinski definition) is 3.